The van der Waals surface area contributed by atoms with Gasteiger partial charge >= 0.3 is 0 Å². The van der Waals surface area contributed by atoms with Gasteiger partial charge in [-0.25, -0.2) is 0 Å². The molecule has 5 nitrogen and oxygen atoms in total. The molecule has 3 aromatic rings. The zero-order valence-corrected chi connectivity index (χ0v) is 17.2. The lowest BCUT2D eigenvalue weighted by Gasteiger charge is -2.13. The standard InChI is InChI=1S/C20H22N4OS2/c1-13-8-7-11-17(14(13)2)22-19-23-24-20(27-19)26-12-18(25)21-15(3)16-9-5-4-6-10-16/h4-11,15H,12H2,1-3H3,(H,21,25)(H,22,23). The number of carbonyl (C=O) groups is 1. The van der Waals surface area contributed by atoms with Crippen molar-refractivity contribution >= 4 is 39.8 Å². The molecule has 2 N–H and O–H groups in total. The van der Waals surface area contributed by atoms with Crippen molar-refractivity contribution in [2.75, 3.05) is 11.1 Å². The van der Waals surface area contributed by atoms with Crippen LogP contribution in [-0.4, -0.2) is 21.9 Å². The molecule has 140 valence electrons. The number of aryl methyl sites for hydroxylation is 1. The molecule has 0 fully saturated rings. The first-order valence-electron chi connectivity index (χ1n) is 8.67. The normalized spacial score (nSPS) is 11.8. The first-order valence-corrected chi connectivity index (χ1v) is 10.5. The summed E-state index contributed by atoms with van der Waals surface area (Å²) in [5, 5.41) is 15.4. The number of carbonyl (C=O) groups excluding carboxylic acids is 1. The van der Waals surface area contributed by atoms with Gasteiger partial charge in [-0.2, -0.15) is 0 Å². The molecule has 2 aromatic carbocycles. The monoisotopic (exact) mass is 398 g/mol. The third-order valence-electron chi connectivity index (χ3n) is 4.26. The number of rotatable bonds is 7. The topological polar surface area (TPSA) is 66.9 Å². The van der Waals surface area contributed by atoms with Gasteiger partial charge in [-0.3, -0.25) is 4.79 Å². The number of nitrogens with one attached hydrogen (secondary N) is 2. The van der Waals surface area contributed by atoms with Crippen LogP contribution in [0, 0.1) is 13.8 Å². The smallest absolute Gasteiger partial charge is 0.230 e. The van der Waals surface area contributed by atoms with Crippen molar-refractivity contribution in [3.63, 3.8) is 0 Å². The maximum atomic E-state index is 12.2. The van der Waals surface area contributed by atoms with Crippen molar-refractivity contribution in [1.29, 1.82) is 0 Å². The molecular weight excluding hydrogens is 376 g/mol. The first-order chi connectivity index (χ1) is 13.0. The summed E-state index contributed by atoms with van der Waals surface area (Å²) >= 11 is 2.85. The van der Waals surface area contributed by atoms with E-state index in [0.29, 0.717) is 5.75 Å². The van der Waals surface area contributed by atoms with E-state index >= 15 is 0 Å². The van der Waals surface area contributed by atoms with Crippen LogP contribution in [0.25, 0.3) is 0 Å². The molecule has 0 saturated heterocycles. The van der Waals surface area contributed by atoms with E-state index < -0.39 is 0 Å². The van der Waals surface area contributed by atoms with Crippen LogP contribution in [-0.2, 0) is 4.79 Å². The number of thioether (sulfide) groups is 1. The van der Waals surface area contributed by atoms with Crippen LogP contribution < -0.4 is 10.6 Å². The second kappa shape index (κ2) is 9.01. The number of hydrogen-bond acceptors (Lipinski definition) is 6. The molecule has 0 radical (unpaired) electrons. The van der Waals surface area contributed by atoms with Gasteiger partial charge in [0.2, 0.25) is 11.0 Å². The maximum absolute atomic E-state index is 12.2. The Bertz CT molecular complexity index is 911. The van der Waals surface area contributed by atoms with Crippen LogP contribution in [0.3, 0.4) is 0 Å². The van der Waals surface area contributed by atoms with Crippen LogP contribution in [0.15, 0.2) is 52.9 Å². The Kier molecular flexibility index (Phi) is 6.47. The van der Waals surface area contributed by atoms with Crippen molar-refractivity contribution < 1.29 is 4.79 Å². The van der Waals surface area contributed by atoms with E-state index in [0.717, 1.165) is 20.7 Å². The number of hydrogen-bond donors (Lipinski definition) is 2. The summed E-state index contributed by atoms with van der Waals surface area (Å²) in [4.78, 5) is 12.2. The molecule has 1 amide bonds. The Hall–Kier alpha value is -2.38. The number of anilines is 2. The summed E-state index contributed by atoms with van der Waals surface area (Å²) in [6.07, 6.45) is 0. The van der Waals surface area contributed by atoms with E-state index in [1.54, 1.807) is 0 Å². The summed E-state index contributed by atoms with van der Waals surface area (Å²) in [6, 6.07) is 16.0. The molecule has 0 bridgehead atoms. The molecule has 0 spiro atoms. The highest BCUT2D eigenvalue weighted by Crippen LogP contribution is 2.29. The quantitative estimate of drug-likeness (QED) is 0.556. The number of nitrogens with zero attached hydrogens (tertiary/aromatic N) is 2. The van der Waals surface area contributed by atoms with Gasteiger partial charge in [-0.1, -0.05) is 65.6 Å². The Labute approximate surface area is 167 Å². The summed E-state index contributed by atoms with van der Waals surface area (Å²) in [7, 11) is 0. The Balaban J connectivity index is 1.52. The van der Waals surface area contributed by atoms with E-state index in [2.05, 4.69) is 40.7 Å². The van der Waals surface area contributed by atoms with Crippen molar-refractivity contribution in [2.24, 2.45) is 0 Å². The number of amides is 1. The molecule has 1 atom stereocenters. The Morgan fingerprint density at radius 1 is 1.11 bits per heavy atom. The maximum Gasteiger partial charge on any atom is 0.230 e. The summed E-state index contributed by atoms with van der Waals surface area (Å²) < 4.78 is 0.769. The van der Waals surface area contributed by atoms with Gasteiger partial charge in [0, 0.05) is 5.69 Å². The highest BCUT2D eigenvalue weighted by Gasteiger charge is 2.12. The van der Waals surface area contributed by atoms with Crippen molar-refractivity contribution in [3.8, 4) is 0 Å². The van der Waals surface area contributed by atoms with Crippen molar-refractivity contribution in [1.82, 2.24) is 15.5 Å². The third-order valence-corrected chi connectivity index (χ3v) is 6.23. The van der Waals surface area contributed by atoms with E-state index in [1.807, 2.05) is 49.4 Å². The molecule has 1 aromatic heterocycles. The van der Waals surface area contributed by atoms with Gasteiger partial charge in [-0.05, 0) is 43.5 Å². The molecule has 7 heteroatoms. The van der Waals surface area contributed by atoms with E-state index in [9.17, 15) is 4.79 Å². The lowest BCUT2D eigenvalue weighted by molar-refractivity contribution is -0.119. The fraction of sp³-hybridized carbons (Fsp3) is 0.250. The third kappa shape index (κ3) is 5.30. The minimum absolute atomic E-state index is 0.0180. The molecule has 0 aliphatic carbocycles. The number of aromatic nitrogens is 2. The van der Waals surface area contributed by atoms with Gasteiger partial charge in [0.05, 0.1) is 11.8 Å². The second-order valence-corrected chi connectivity index (χ2v) is 8.43. The fourth-order valence-corrected chi connectivity index (χ4v) is 4.13. The molecule has 1 unspecified atom stereocenters. The molecule has 0 aliphatic rings. The first kappa shape index (κ1) is 19.4. The lowest BCUT2D eigenvalue weighted by atomic mass is 10.1. The van der Waals surface area contributed by atoms with Crippen LogP contribution in [0.4, 0.5) is 10.8 Å². The average Bonchev–Trinajstić information content (AvgIpc) is 3.12. The minimum atomic E-state index is -0.0183. The number of benzene rings is 2. The van der Waals surface area contributed by atoms with Gasteiger partial charge < -0.3 is 10.6 Å². The fourth-order valence-electron chi connectivity index (χ4n) is 2.56. The van der Waals surface area contributed by atoms with Gasteiger partial charge in [-0.15, -0.1) is 10.2 Å². The average molecular weight is 399 g/mol. The molecular formula is C20H22N4OS2. The lowest BCUT2D eigenvalue weighted by Crippen LogP contribution is -2.28. The van der Waals surface area contributed by atoms with E-state index in [-0.39, 0.29) is 11.9 Å². The van der Waals surface area contributed by atoms with Crippen LogP contribution >= 0.6 is 23.1 Å². The predicted octanol–water partition coefficient (Wildman–Crippen LogP) is 4.87. The van der Waals surface area contributed by atoms with E-state index in [1.165, 1.54) is 34.2 Å². The predicted molar refractivity (Wildman–Crippen MR) is 113 cm³/mol. The van der Waals surface area contributed by atoms with Gasteiger partial charge in [0.1, 0.15) is 0 Å². The molecule has 27 heavy (non-hydrogen) atoms. The van der Waals surface area contributed by atoms with Crippen molar-refractivity contribution in [2.45, 2.75) is 31.2 Å². The summed E-state index contributed by atoms with van der Waals surface area (Å²) in [6.45, 7) is 6.14. The molecule has 3 rings (SSSR count). The van der Waals surface area contributed by atoms with Crippen LogP contribution in [0.2, 0.25) is 0 Å². The molecule has 0 saturated carbocycles. The second-order valence-electron chi connectivity index (χ2n) is 6.23. The highest BCUT2D eigenvalue weighted by molar-refractivity contribution is 8.01. The highest BCUT2D eigenvalue weighted by atomic mass is 32.2. The zero-order valence-electron chi connectivity index (χ0n) is 15.5. The zero-order chi connectivity index (χ0) is 19.2. The summed E-state index contributed by atoms with van der Waals surface area (Å²) in [5.41, 5.74) is 4.53. The minimum Gasteiger partial charge on any atom is -0.349 e. The van der Waals surface area contributed by atoms with Crippen LogP contribution in [0.1, 0.15) is 29.7 Å². The van der Waals surface area contributed by atoms with Gasteiger partial charge in [0.25, 0.3) is 0 Å². The Morgan fingerprint density at radius 3 is 2.67 bits per heavy atom. The largest absolute Gasteiger partial charge is 0.349 e. The van der Waals surface area contributed by atoms with E-state index in [4.69, 9.17) is 0 Å². The van der Waals surface area contributed by atoms with Crippen molar-refractivity contribution in [3.05, 3.63) is 65.2 Å². The summed E-state index contributed by atoms with van der Waals surface area (Å²) in [5.74, 6) is 0.297. The SMILES string of the molecule is Cc1cccc(Nc2nnc(SCC(=O)NC(C)c3ccccc3)s2)c1C. The molecule has 0 aliphatic heterocycles. The Morgan fingerprint density at radius 2 is 1.89 bits per heavy atom. The van der Waals surface area contributed by atoms with Crippen LogP contribution in [0.5, 0.6) is 0 Å². The molecule has 1 heterocycles. The van der Waals surface area contributed by atoms with Gasteiger partial charge in [0.15, 0.2) is 4.34 Å².